The third-order valence-electron chi connectivity index (χ3n) is 7.31. The molecular formula is C26H36O4. The van der Waals surface area contributed by atoms with Crippen LogP contribution in [0.1, 0.15) is 71.4 Å². The van der Waals surface area contributed by atoms with Crippen LogP contribution < -0.4 is 0 Å². The third-order valence-corrected chi connectivity index (χ3v) is 7.31. The summed E-state index contributed by atoms with van der Waals surface area (Å²) in [5.74, 6) is 1.05. The third kappa shape index (κ3) is 4.38. The lowest BCUT2D eigenvalue weighted by molar-refractivity contribution is 0.141. The lowest BCUT2D eigenvalue weighted by Crippen LogP contribution is -2.38. The van der Waals surface area contributed by atoms with E-state index in [2.05, 4.69) is 34.6 Å². The molecule has 2 aromatic carbocycles. The van der Waals surface area contributed by atoms with Crippen molar-refractivity contribution in [3.05, 3.63) is 47.5 Å². The highest BCUT2D eigenvalue weighted by Crippen LogP contribution is 2.50. The Hall–Kier alpha value is -2.36. The zero-order valence-electron chi connectivity index (χ0n) is 18.8. The molecule has 2 aromatic rings. The fourth-order valence-electron chi connectivity index (χ4n) is 5.75. The van der Waals surface area contributed by atoms with Crippen molar-refractivity contribution in [2.75, 3.05) is 0 Å². The molecule has 0 aromatic heterocycles. The van der Waals surface area contributed by atoms with E-state index in [0.29, 0.717) is 17.8 Å². The van der Waals surface area contributed by atoms with E-state index in [1.165, 1.54) is 0 Å². The Labute approximate surface area is 180 Å². The van der Waals surface area contributed by atoms with Crippen molar-refractivity contribution in [1.29, 1.82) is 0 Å². The predicted octanol–water partition coefficient (Wildman–Crippen LogP) is 6.21. The summed E-state index contributed by atoms with van der Waals surface area (Å²) in [6.07, 6.45) is 3.91. The molecule has 2 unspecified atom stereocenters. The molecule has 0 saturated heterocycles. The number of aromatic hydroxyl groups is 4. The van der Waals surface area contributed by atoms with Crippen molar-refractivity contribution in [3.8, 4) is 23.0 Å². The highest BCUT2D eigenvalue weighted by Gasteiger charge is 2.42. The van der Waals surface area contributed by atoms with Gasteiger partial charge in [0, 0.05) is 0 Å². The summed E-state index contributed by atoms with van der Waals surface area (Å²) < 4.78 is 0. The molecule has 0 bridgehead atoms. The van der Waals surface area contributed by atoms with Crippen LogP contribution in [0.4, 0.5) is 0 Å². The summed E-state index contributed by atoms with van der Waals surface area (Å²) in [6.45, 7) is 11.4. The highest BCUT2D eigenvalue weighted by atomic mass is 16.3. The maximum atomic E-state index is 10.1. The van der Waals surface area contributed by atoms with Gasteiger partial charge in [0.1, 0.15) is 0 Å². The van der Waals surface area contributed by atoms with Crippen LogP contribution in [0.2, 0.25) is 0 Å². The van der Waals surface area contributed by atoms with E-state index >= 15 is 0 Å². The molecule has 1 fully saturated rings. The van der Waals surface area contributed by atoms with Crippen molar-refractivity contribution >= 4 is 0 Å². The largest absolute Gasteiger partial charge is 0.504 e. The summed E-state index contributed by atoms with van der Waals surface area (Å²) >= 11 is 0. The number of hydrogen-bond acceptors (Lipinski definition) is 4. The van der Waals surface area contributed by atoms with Crippen LogP contribution in [0.3, 0.4) is 0 Å². The van der Waals surface area contributed by atoms with Crippen molar-refractivity contribution in [1.82, 2.24) is 0 Å². The van der Waals surface area contributed by atoms with Gasteiger partial charge in [0.2, 0.25) is 0 Å². The fraction of sp³-hybridized carbons (Fsp3) is 0.538. The Balaban J connectivity index is 2.00. The molecular weight excluding hydrogens is 376 g/mol. The Bertz CT molecular complexity index is 836. The zero-order chi connectivity index (χ0) is 22.3. The molecule has 1 aliphatic carbocycles. The number of benzene rings is 2. The average molecular weight is 413 g/mol. The number of rotatable bonds is 3. The highest BCUT2D eigenvalue weighted by molar-refractivity contribution is 5.44. The monoisotopic (exact) mass is 412 g/mol. The molecule has 3 rings (SSSR count). The summed E-state index contributed by atoms with van der Waals surface area (Å²) in [7, 11) is 0. The molecule has 164 valence electrons. The summed E-state index contributed by atoms with van der Waals surface area (Å²) in [6, 6.07) is 10.5. The quantitative estimate of drug-likeness (QED) is 0.452. The lowest BCUT2D eigenvalue weighted by atomic mass is 9.58. The molecule has 30 heavy (non-hydrogen) atoms. The maximum absolute atomic E-state index is 10.1. The van der Waals surface area contributed by atoms with Crippen LogP contribution in [-0.4, -0.2) is 20.4 Å². The average Bonchev–Trinajstić information content (AvgIpc) is 2.64. The minimum atomic E-state index is -0.0992. The van der Waals surface area contributed by atoms with E-state index in [0.717, 1.165) is 36.8 Å². The second kappa shape index (κ2) is 8.05. The first-order chi connectivity index (χ1) is 13.9. The molecule has 0 amide bonds. The Morgan fingerprint density at radius 3 is 1.43 bits per heavy atom. The Morgan fingerprint density at radius 1 is 0.700 bits per heavy atom. The SMILES string of the molecule is CC1CC(C)(c2ccc(O)c(O)c2)CC(C(C)C)CC(C)(c2ccc(O)c(O)c2)C1. The van der Waals surface area contributed by atoms with E-state index in [4.69, 9.17) is 0 Å². The van der Waals surface area contributed by atoms with E-state index in [9.17, 15) is 20.4 Å². The van der Waals surface area contributed by atoms with Crippen LogP contribution in [-0.2, 0) is 10.8 Å². The molecule has 0 heterocycles. The van der Waals surface area contributed by atoms with Gasteiger partial charge in [-0.1, -0.05) is 46.8 Å². The van der Waals surface area contributed by atoms with Gasteiger partial charge in [-0.2, -0.15) is 0 Å². The van der Waals surface area contributed by atoms with Crippen LogP contribution in [0, 0.1) is 17.8 Å². The number of phenolic OH excluding ortho intramolecular Hbond substituents is 4. The van der Waals surface area contributed by atoms with Gasteiger partial charge in [0.25, 0.3) is 0 Å². The van der Waals surface area contributed by atoms with Crippen molar-refractivity contribution < 1.29 is 20.4 Å². The molecule has 1 aliphatic rings. The first-order valence-corrected chi connectivity index (χ1v) is 11.0. The lowest BCUT2D eigenvalue weighted by Gasteiger charge is -2.46. The van der Waals surface area contributed by atoms with E-state index in [1.807, 2.05) is 12.1 Å². The van der Waals surface area contributed by atoms with Gasteiger partial charge >= 0.3 is 0 Å². The molecule has 0 spiro atoms. The van der Waals surface area contributed by atoms with Crippen LogP contribution in [0.15, 0.2) is 36.4 Å². The molecule has 4 heteroatoms. The van der Waals surface area contributed by atoms with Gasteiger partial charge in [-0.15, -0.1) is 0 Å². The summed E-state index contributed by atoms with van der Waals surface area (Å²) in [5.41, 5.74) is 1.94. The Kier molecular flexibility index (Phi) is 5.99. The molecule has 1 saturated carbocycles. The van der Waals surface area contributed by atoms with E-state index in [-0.39, 0.29) is 33.8 Å². The zero-order valence-corrected chi connectivity index (χ0v) is 18.8. The molecule has 0 radical (unpaired) electrons. The standard InChI is InChI=1S/C26H36O4/c1-16(2)18-14-25(4,19-6-8-21(27)23(29)10-19)12-17(3)13-26(5,15-18)20-7-9-22(28)24(30)11-20/h6-11,16-18,27-30H,12-15H2,1-5H3. The van der Waals surface area contributed by atoms with Gasteiger partial charge < -0.3 is 20.4 Å². The summed E-state index contributed by atoms with van der Waals surface area (Å²) in [5, 5.41) is 39.7. The van der Waals surface area contributed by atoms with Gasteiger partial charge in [0.05, 0.1) is 0 Å². The van der Waals surface area contributed by atoms with Crippen molar-refractivity contribution in [2.24, 2.45) is 17.8 Å². The molecule has 4 N–H and O–H groups in total. The van der Waals surface area contributed by atoms with Crippen LogP contribution in [0.25, 0.3) is 0 Å². The minimum Gasteiger partial charge on any atom is -0.504 e. The summed E-state index contributed by atoms with van der Waals surface area (Å²) in [4.78, 5) is 0. The van der Waals surface area contributed by atoms with Crippen molar-refractivity contribution in [3.63, 3.8) is 0 Å². The van der Waals surface area contributed by atoms with E-state index < -0.39 is 0 Å². The second-order valence-corrected chi connectivity index (χ2v) is 10.5. The van der Waals surface area contributed by atoms with E-state index in [1.54, 1.807) is 24.3 Å². The predicted molar refractivity (Wildman–Crippen MR) is 120 cm³/mol. The van der Waals surface area contributed by atoms with Gasteiger partial charge in [-0.3, -0.25) is 0 Å². The van der Waals surface area contributed by atoms with Gasteiger partial charge in [-0.05, 0) is 89.7 Å². The minimum absolute atomic E-state index is 0.0612. The first kappa shape index (κ1) is 22.3. The number of hydrogen-bond donors (Lipinski definition) is 4. The van der Waals surface area contributed by atoms with Crippen LogP contribution >= 0.6 is 0 Å². The fourth-order valence-corrected chi connectivity index (χ4v) is 5.75. The molecule has 2 atom stereocenters. The Morgan fingerprint density at radius 2 is 1.10 bits per heavy atom. The number of phenols is 4. The smallest absolute Gasteiger partial charge is 0.157 e. The van der Waals surface area contributed by atoms with Gasteiger partial charge in [0.15, 0.2) is 23.0 Å². The van der Waals surface area contributed by atoms with Crippen molar-refractivity contribution in [2.45, 2.75) is 71.1 Å². The van der Waals surface area contributed by atoms with Crippen LogP contribution in [0.5, 0.6) is 23.0 Å². The normalized spacial score (nSPS) is 30.1. The maximum Gasteiger partial charge on any atom is 0.157 e. The topological polar surface area (TPSA) is 80.9 Å². The first-order valence-electron chi connectivity index (χ1n) is 11.0. The molecule has 4 nitrogen and oxygen atoms in total. The molecule has 0 aliphatic heterocycles. The second-order valence-electron chi connectivity index (χ2n) is 10.5. The van der Waals surface area contributed by atoms with Gasteiger partial charge in [-0.25, -0.2) is 0 Å².